The molecule has 1 fully saturated rings. The first-order chi connectivity index (χ1) is 6.36. The standard InChI is InChI=1S/C11H21NO/c12-8-11(9-13)7-6-10-4-2-1-3-5-10/h9-11H,1-8,12H2. The van der Waals surface area contributed by atoms with Crippen molar-refractivity contribution in [2.45, 2.75) is 44.9 Å². The molecule has 2 heteroatoms. The first-order valence-electron chi connectivity index (χ1n) is 5.52. The van der Waals surface area contributed by atoms with Crippen LogP contribution in [0.15, 0.2) is 0 Å². The summed E-state index contributed by atoms with van der Waals surface area (Å²) in [5.41, 5.74) is 5.47. The molecule has 1 saturated carbocycles. The quantitative estimate of drug-likeness (QED) is 0.663. The van der Waals surface area contributed by atoms with Gasteiger partial charge in [0.2, 0.25) is 0 Å². The Bertz CT molecular complexity index is 141. The molecule has 76 valence electrons. The van der Waals surface area contributed by atoms with Gasteiger partial charge in [-0.1, -0.05) is 32.1 Å². The molecule has 1 atom stereocenters. The molecule has 0 amide bonds. The van der Waals surface area contributed by atoms with Crippen molar-refractivity contribution in [2.24, 2.45) is 17.6 Å². The van der Waals surface area contributed by atoms with Crippen molar-refractivity contribution in [3.8, 4) is 0 Å². The summed E-state index contributed by atoms with van der Waals surface area (Å²) in [6.07, 6.45) is 10.2. The number of hydrogen-bond donors (Lipinski definition) is 1. The van der Waals surface area contributed by atoms with E-state index in [0.717, 1.165) is 18.6 Å². The van der Waals surface area contributed by atoms with Crippen LogP contribution in [0.2, 0.25) is 0 Å². The van der Waals surface area contributed by atoms with E-state index in [-0.39, 0.29) is 5.92 Å². The summed E-state index contributed by atoms with van der Waals surface area (Å²) in [6.45, 7) is 0.524. The molecule has 0 saturated heterocycles. The van der Waals surface area contributed by atoms with Crippen LogP contribution in [0.3, 0.4) is 0 Å². The summed E-state index contributed by atoms with van der Waals surface area (Å²) >= 11 is 0. The number of carbonyl (C=O) groups is 1. The normalized spacial score (nSPS) is 21.3. The van der Waals surface area contributed by atoms with E-state index in [1.165, 1.54) is 38.5 Å². The maximum Gasteiger partial charge on any atom is 0.124 e. The summed E-state index contributed by atoms with van der Waals surface area (Å²) in [4.78, 5) is 10.5. The maximum atomic E-state index is 10.5. The molecule has 0 aromatic carbocycles. The zero-order valence-electron chi connectivity index (χ0n) is 8.37. The van der Waals surface area contributed by atoms with Gasteiger partial charge in [-0.2, -0.15) is 0 Å². The Morgan fingerprint density at radius 2 is 2.00 bits per heavy atom. The Hall–Kier alpha value is -0.370. The smallest absolute Gasteiger partial charge is 0.124 e. The Morgan fingerprint density at radius 1 is 1.31 bits per heavy atom. The van der Waals surface area contributed by atoms with E-state index >= 15 is 0 Å². The summed E-state index contributed by atoms with van der Waals surface area (Å²) in [5, 5.41) is 0. The first-order valence-corrected chi connectivity index (χ1v) is 5.52. The molecule has 0 bridgehead atoms. The molecule has 0 aromatic rings. The highest BCUT2D eigenvalue weighted by Gasteiger charge is 2.15. The molecule has 2 N–H and O–H groups in total. The highest BCUT2D eigenvalue weighted by molar-refractivity contribution is 5.53. The maximum absolute atomic E-state index is 10.5. The van der Waals surface area contributed by atoms with E-state index < -0.39 is 0 Å². The fourth-order valence-corrected chi connectivity index (χ4v) is 2.17. The fourth-order valence-electron chi connectivity index (χ4n) is 2.17. The predicted molar refractivity (Wildman–Crippen MR) is 54.4 cm³/mol. The van der Waals surface area contributed by atoms with Gasteiger partial charge in [0, 0.05) is 12.5 Å². The van der Waals surface area contributed by atoms with Gasteiger partial charge in [0.15, 0.2) is 0 Å². The second kappa shape index (κ2) is 6.14. The van der Waals surface area contributed by atoms with Gasteiger partial charge >= 0.3 is 0 Å². The van der Waals surface area contributed by atoms with Crippen LogP contribution in [-0.2, 0) is 4.79 Å². The summed E-state index contributed by atoms with van der Waals surface area (Å²) in [7, 11) is 0. The van der Waals surface area contributed by atoms with Crippen molar-refractivity contribution in [1.82, 2.24) is 0 Å². The van der Waals surface area contributed by atoms with Crippen LogP contribution in [0.1, 0.15) is 44.9 Å². The number of nitrogens with two attached hydrogens (primary N) is 1. The molecule has 13 heavy (non-hydrogen) atoms. The molecule has 0 aliphatic heterocycles. The van der Waals surface area contributed by atoms with Crippen LogP contribution in [0.5, 0.6) is 0 Å². The predicted octanol–water partition coefficient (Wildman–Crippen LogP) is 2.12. The molecule has 1 aliphatic rings. The van der Waals surface area contributed by atoms with Crippen molar-refractivity contribution < 1.29 is 4.79 Å². The first kappa shape index (κ1) is 10.7. The second-order valence-corrected chi connectivity index (χ2v) is 4.21. The van der Waals surface area contributed by atoms with Crippen molar-refractivity contribution in [1.29, 1.82) is 0 Å². The van der Waals surface area contributed by atoms with E-state index in [4.69, 9.17) is 5.73 Å². The van der Waals surface area contributed by atoms with Crippen LogP contribution in [0.4, 0.5) is 0 Å². The largest absolute Gasteiger partial charge is 0.330 e. The topological polar surface area (TPSA) is 43.1 Å². The summed E-state index contributed by atoms with van der Waals surface area (Å²) in [6, 6.07) is 0. The molecule has 1 aliphatic carbocycles. The van der Waals surface area contributed by atoms with Crippen molar-refractivity contribution >= 4 is 6.29 Å². The lowest BCUT2D eigenvalue weighted by Crippen LogP contribution is -2.17. The van der Waals surface area contributed by atoms with E-state index in [2.05, 4.69) is 0 Å². The van der Waals surface area contributed by atoms with Gasteiger partial charge in [0.25, 0.3) is 0 Å². The molecule has 0 radical (unpaired) electrons. The van der Waals surface area contributed by atoms with E-state index in [0.29, 0.717) is 6.54 Å². The minimum Gasteiger partial charge on any atom is -0.330 e. The van der Waals surface area contributed by atoms with Gasteiger partial charge in [0.1, 0.15) is 6.29 Å². The number of hydrogen-bond acceptors (Lipinski definition) is 2. The average Bonchev–Trinajstić information content (AvgIpc) is 2.21. The number of aldehydes is 1. The van der Waals surface area contributed by atoms with Gasteiger partial charge < -0.3 is 10.5 Å². The minimum absolute atomic E-state index is 0.113. The van der Waals surface area contributed by atoms with Crippen LogP contribution >= 0.6 is 0 Å². The highest BCUT2D eigenvalue weighted by Crippen LogP contribution is 2.28. The van der Waals surface area contributed by atoms with Gasteiger partial charge in [-0.05, 0) is 18.8 Å². The zero-order chi connectivity index (χ0) is 9.52. The molecule has 0 aromatic heterocycles. The lowest BCUT2D eigenvalue weighted by atomic mass is 9.84. The zero-order valence-corrected chi connectivity index (χ0v) is 8.37. The Balaban J connectivity index is 2.12. The van der Waals surface area contributed by atoms with Crippen molar-refractivity contribution in [3.05, 3.63) is 0 Å². The lowest BCUT2D eigenvalue weighted by Gasteiger charge is -2.22. The summed E-state index contributed by atoms with van der Waals surface area (Å²) < 4.78 is 0. The average molecular weight is 183 g/mol. The van der Waals surface area contributed by atoms with E-state index in [1.54, 1.807) is 0 Å². The highest BCUT2D eigenvalue weighted by atomic mass is 16.1. The van der Waals surface area contributed by atoms with E-state index in [9.17, 15) is 4.79 Å². The molecule has 2 nitrogen and oxygen atoms in total. The Morgan fingerprint density at radius 3 is 2.54 bits per heavy atom. The monoisotopic (exact) mass is 183 g/mol. The fraction of sp³-hybridized carbons (Fsp3) is 0.909. The molecular weight excluding hydrogens is 162 g/mol. The van der Waals surface area contributed by atoms with Gasteiger partial charge in [-0.15, -0.1) is 0 Å². The third-order valence-corrected chi connectivity index (χ3v) is 3.17. The molecule has 1 unspecified atom stereocenters. The molecule has 0 heterocycles. The van der Waals surface area contributed by atoms with Crippen molar-refractivity contribution in [2.75, 3.05) is 6.54 Å². The third kappa shape index (κ3) is 3.90. The van der Waals surface area contributed by atoms with Gasteiger partial charge in [-0.25, -0.2) is 0 Å². The minimum atomic E-state index is 0.113. The third-order valence-electron chi connectivity index (χ3n) is 3.17. The van der Waals surface area contributed by atoms with Crippen LogP contribution < -0.4 is 5.73 Å². The number of carbonyl (C=O) groups excluding carboxylic acids is 1. The Kier molecular flexibility index (Phi) is 5.06. The lowest BCUT2D eigenvalue weighted by molar-refractivity contribution is -0.111. The van der Waals surface area contributed by atoms with Crippen LogP contribution in [0.25, 0.3) is 0 Å². The second-order valence-electron chi connectivity index (χ2n) is 4.21. The molecular formula is C11H21NO. The summed E-state index contributed by atoms with van der Waals surface area (Å²) in [5.74, 6) is 0.990. The van der Waals surface area contributed by atoms with Crippen LogP contribution in [-0.4, -0.2) is 12.8 Å². The van der Waals surface area contributed by atoms with Crippen molar-refractivity contribution in [3.63, 3.8) is 0 Å². The molecule has 1 rings (SSSR count). The molecule has 0 spiro atoms. The van der Waals surface area contributed by atoms with E-state index in [1.807, 2.05) is 0 Å². The SMILES string of the molecule is NCC(C=O)CCC1CCCCC1. The Labute approximate surface area is 80.9 Å². The van der Waals surface area contributed by atoms with Gasteiger partial charge in [0.05, 0.1) is 0 Å². The van der Waals surface area contributed by atoms with Gasteiger partial charge in [-0.3, -0.25) is 0 Å². The van der Waals surface area contributed by atoms with Crippen LogP contribution in [0, 0.1) is 11.8 Å². The number of rotatable bonds is 5.